The van der Waals surface area contributed by atoms with E-state index in [-0.39, 0.29) is 5.91 Å². The van der Waals surface area contributed by atoms with Gasteiger partial charge in [0.25, 0.3) is 5.91 Å². The summed E-state index contributed by atoms with van der Waals surface area (Å²) in [7, 11) is 0. The molecule has 0 aliphatic carbocycles. The van der Waals surface area contributed by atoms with Crippen molar-refractivity contribution in [3.8, 4) is 11.8 Å². The van der Waals surface area contributed by atoms with E-state index in [0.717, 1.165) is 34.8 Å². The summed E-state index contributed by atoms with van der Waals surface area (Å²) in [5.41, 5.74) is 8.35. The number of nitrogens with zero attached hydrogens (tertiary/aromatic N) is 2. The van der Waals surface area contributed by atoms with Crippen molar-refractivity contribution in [2.24, 2.45) is 5.73 Å². The summed E-state index contributed by atoms with van der Waals surface area (Å²) < 4.78 is 3.68. The van der Waals surface area contributed by atoms with Crippen LogP contribution in [0.15, 0.2) is 23.6 Å². The maximum atomic E-state index is 11.9. The van der Waals surface area contributed by atoms with Gasteiger partial charge in [0.15, 0.2) is 5.69 Å². The predicted molar refractivity (Wildman–Crippen MR) is 79.6 cm³/mol. The largest absolute Gasteiger partial charge is 0.320 e. The molecule has 20 heavy (non-hydrogen) atoms. The molecule has 0 spiro atoms. The minimum atomic E-state index is -0.255. The first kappa shape index (κ1) is 14.2. The van der Waals surface area contributed by atoms with Crippen LogP contribution in [0.2, 0.25) is 0 Å². The van der Waals surface area contributed by atoms with E-state index in [0.29, 0.717) is 12.2 Å². The van der Waals surface area contributed by atoms with Crippen molar-refractivity contribution in [3.63, 3.8) is 0 Å². The van der Waals surface area contributed by atoms with Crippen LogP contribution in [0.1, 0.15) is 28.5 Å². The molecule has 1 aromatic carbocycles. The normalized spacial score (nSPS) is 9.70. The Morgan fingerprint density at radius 1 is 1.50 bits per heavy atom. The minimum absolute atomic E-state index is 0.255. The number of hydrogen-bond donors (Lipinski definition) is 2. The highest BCUT2D eigenvalue weighted by Gasteiger charge is 2.11. The number of aromatic nitrogens is 2. The summed E-state index contributed by atoms with van der Waals surface area (Å²) in [5, 5.41) is 8.20. The average molecular weight is 286 g/mol. The quantitative estimate of drug-likeness (QED) is 0.841. The van der Waals surface area contributed by atoms with Crippen molar-refractivity contribution in [1.82, 2.24) is 9.59 Å². The second-order valence-electron chi connectivity index (χ2n) is 3.98. The predicted octanol–water partition coefficient (Wildman–Crippen LogP) is 1.66. The van der Waals surface area contributed by atoms with Gasteiger partial charge in [-0.2, -0.15) is 0 Å². The van der Waals surface area contributed by atoms with Crippen LogP contribution < -0.4 is 11.1 Å². The summed E-state index contributed by atoms with van der Waals surface area (Å²) in [5.74, 6) is 5.54. The van der Waals surface area contributed by atoms with Gasteiger partial charge in [-0.1, -0.05) is 23.3 Å². The summed E-state index contributed by atoms with van der Waals surface area (Å²) in [4.78, 5) is 11.9. The van der Waals surface area contributed by atoms with E-state index in [1.54, 1.807) is 5.38 Å². The molecule has 1 amide bonds. The van der Waals surface area contributed by atoms with Crippen LogP contribution in [0.5, 0.6) is 0 Å². The van der Waals surface area contributed by atoms with Gasteiger partial charge in [-0.25, -0.2) is 0 Å². The van der Waals surface area contributed by atoms with Gasteiger partial charge in [0.05, 0.1) is 6.54 Å². The molecule has 0 fully saturated rings. The van der Waals surface area contributed by atoms with Gasteiger partial charge in [0, 0.05) is 16.6 Å². The molecule has 1 aromatic heterocycles. The molecule has 102 valence electrons. The van der Waals surface area contributed by atoms with Gasteiger partial charge < -0.3 is 11.1 Å². The highest BCUT2D eigenvalue weighted by Crippen LogP contribution is 2.19. The molecule has 2 aromatic rings. The third kappa shape index (κ3) is 3.41. The van der Waals surface area contributed by atoms with Crippen LogP contribution in [0, 0.1) is 11.8 Å². The highest BCUT2D eigenvalue weighted by atomic mass is 32.1. The Morgan fingerprint density at radius 3 is 3.00 bits per heavy atom. The molecular weight excluding hydrogens is 272 g/mol. The minimum Gasteiger partial charge on any atom is -0.320 e. The lowest BCUT2D eigenvalue weighted by atomic mass is 10.1. The van der Waals surface area contributed by atoms with Crippen LogP contribution in [0.4, 0.5) is 5.69 Å². The van der Waals surface area contributed by atoms with Crippen LogP contribution in [0.25, 0.3) is 0 Å². The van der Waals surface area contributed by atoms with Gasteiger partial charge in [0.2, 0.25) is 0 Å². The second-order valence-corrected chi connectivity index (χ2v) is 4.59. The Labute approximate surface area is 121 Å². The molecule has 0 radical (unpaired) electrons. The van der Waals surface area contributed by atoms with E-state index < -0.39 is 0 Å². The molecule has 0 saturated carbocycles. The number of aryl methyl sites for hydroxylation is 1. The fraction of sp³-hybridized carbons (Fsp3) is 0.214. The topological polar surface area (TPSA) is 80.9 Å². The number of nitrogens with one attached hydrogen (secondary N) is 1. The Bertz CT molecular complexity index is 656. The highest BCUT2D eigenvalue weighted by molar-refractivity contribution is 7.03. The number of carbonyl (C=O) groups is 1. The molecule has 6 heteroatoms. The van der Waals surface area contributed by atoms with E-state index in [9.17, 15) is 4.79 Å². The van der Waals surface area contributed by atoms with Gasteiger partial charge in [-0.15, -0.1) is 5.10 Å². The van der Waals surface area contributed by atoms with E-state index in [2.05, 4.69) is 26.7 Å². The summed E-state index contributed by atoms with van der Waals surface area (Å²) >= 11 is 1.15. The smallest absolute Gasteiger partial charge is 0.277 e. The van der Waals surface area contributed by atoms with E-state index >= 15 is 0 Å². The lowest BCUT2D eigenvalue weighted by molar-refractivity contribution is 0.102. The molecule has 3 N–H and O–H groups in total. The van der Waals surface area contributed by atoms with Gasteiger partial charge in [0.1, 0.15) is 0 Å². The number of amides is 1. The molecule has 0 saturated heterocycles. The standard InChI is InChI=1S/C14H14N4OS/c1-2-11-8-10(4-3-7-15)5-6-12(11)16-14(19)13-9-20-18-17-13/h5-6,8-9H,2,7,15H2,1H3,(H,16,19). The second kappa shape index (κ2) is 6.80. The van der Waals surface area contributed by atoms with Crippen LogP contribution in [-0.2, 0) is 6.42 Å². The van der Waals surface area contributed by atoms with E-state index in [4.69, 9.17) is 5.73 Å². The molecule has 1 heterocycles. The number of rotatable bonds is 3. The Morgan fingerprint density at radius 2 is 2.35 bits per heavy atom. The summed E-state index contributed by atoms with van der Waals surface area (Å²) in [6, 6.07) is 5.66. The zero-order valence-corrected chi connectivity index (χ0v) is 11.8. The third-order valence-electron chi connectivity index (χ3n) is 2.66. The molecule has 0 atom stereocenters. The molecule has 0 aliphatic rings. The maximum Gasteiger partial charge on any atom is 0.277 e. The van der Waals surface area contributed by atoms with Crippen molar-refractivity contribution in [1.29, 1.82) is 0 Å². The van der Waals surface area contributed by atoms with Crippen molar-refractivity contribution in [2.45, 2.75) is 13.3 Å². The van der Waals surface area contributed by atoms with Crippen molar-refractivity contribution in [2.75, 3.05) is 11.9 Å². The van der Waals surface area contributed by atoms with Crippen LogP contribution >= 0.6 is 11.5 Å². The first-order chi connectivity index (χ1) is 9.74. The Kier molecular flexibility index (Phi) is 4.82. The Balaban J connectivity index is 2.21. The maximum absolute atomic E-state index is 11.9. The molecule has 5 nitrogen and oxygen atoms in total. The molecular formula is C14H14N4OS. The molecule has 0 unspecified atom stereocenters. The summed E-state index contributed by atoms with van der Waals surface area (Å²) in [6.45, 7) is 2.35. The van der Waals surface area contributed by atoms with Crippen molar-refractivity contribution >= 4 is 23.1 Å². The van der Waals surface area contributed by atoms with Crippen molar-refractivity contribution in [3.05, 3.63) is 40.4 Å². The van der Waals surface area contributed by atoms with E-state index in [1.165, 1.54) is 0 Å². The zero-order chi connectivity index (χ0) is 14.4. The fourth-order valence-corrected chi connectivity index (χ4v) is 2.13. The number of nitrogens with two attached hydrogens (primary N) is 1. The monoisotopic (exact) mass is 286 g/mol. The van der Waals surface area contributed by atoms with Gasteiger partial charge in [-0.3, -0.25) is 4.79 Å². The van der Waals surface area contributed by atoms with Crippen LogP contribution in [-0.4, -0.2) is 22.0 Å². The number of hydrogen-bond acceptors (Lipinski definition) is 5. The van der Waals surface area contributed by atoms with Gasteiger partial charge in [-0.05, 0) is 41.7 Å². The first-order valence-corrected chi connectivity index (χ1v) is 6.98. The SMILES string of the molecule is CCc1cc(C#CCN)ccc1NC(=O)c1csnn1. The fourth-order valence-electron chi connectivity index (χ4n) is 1.69. The average Bonchev–Trinajstić information content (AvgIpc) is 3.00. The number of carbonyl (C=O) groups excluding carboxylic acids is 1. The van der Waals surface area contributed by atoms with E-state index in [1.807, 2.05) is 25.1 Å². The molecule has 0 aliphatic heterocycles. The number of anilines is 1. The van der Waals surface area contributed by atoms with Crippen molar-refractivity contribution < 1.29 is 4.79 Å². The zero-order valence-electron chi connectivity index (χ0n) is 11.0. The van der Waals surface area contributed by atoms with Crippen LogP contribution in [0.3, 0.4) is 0 Å². The lowest BCUT2D eigenvalue weighted by Crippen LogP contribution is -2.13. The molecule has 0 bridgehead atoms. The third-order valence-corrected chi connectivity index (χ3v) is 3.17. The number of benzene rings is 1. The lowest BCUT2D eigenvalue weighted by Gasteiger charge is -2.09. The van der Waals surface area contributed by atoms with Gasteiger partial charge >= 0.3 is 0 Å². The first-order valence-electron chi connectivity index (χ1n) is 6.15. The Hall–Kier alpha value is -2.23. The summed E-state index contributed by atoms with van der Waals surface area (Å²) in [6.07, 6.45) is 0.795. The molecule has 2 rings (SSSR count).